The predicted molar refractivity (Wildman–Crippen MR) is 75.8 cm³/mol. The molecule has 0 saturated heterocycles. The van der Waals surface area contributed by atoms with Gasteiger partial charge >= 0.3 is 0 Å². The van der Waals surface area contributed by atoms with Gasteiger partial charge in [0.15, 0.2) is 0 Å². The van der Waals surface area contributed by atoms with Crippen molar-refractivity contribution in [2.75, 3.05) is 5.32 Å². The second-order valence-corrected chi connectivity index (χ2v) is 5.06. The first-order chi connectivity index (χ1) is 8.56. The van der Waals surface area contributed by atoms with E-state index >= 15 is 0 Å². The summed E-state index contributed by atoms with van der Waals surface area (Å²) in [5, 5.41) is 2.81. The summed E-state index contributed by atoms with van der Waals surface area (Å²) in [5.41, 5.74) is 2.62. The third kappa shape index (κ3) is 2.96. The Bertz CT molecular complexity index is 596. The Morgan fingerprint density at radius 3 is 2.72 bits per heavy atom. The largest absolute Gasteiger partial charge is 0.306 e. The molecule has 0 radical (unpaired) electrons. The van der Waals surface area contributed by atoms with Crippen molar-refractivity contribution in [1.29, 1.82) is 0 Å². The van der Waals surface area contributed by atoms with E-state index in [1.54, 1.807) is 12.3 Å². The van der Waals surface area contributed by atoms with Gasteiger partial charge in [-0.15, -0.1) is 0 Å². The fourth-order valence-corrected chi connectivity index (χ4v) is 2.08. The molecule has 0 aliphatic rings. The highest BCUT2D eigenvalue weighted by Gasteiger charge is 2.08. The van der Waals surface area contributed by atoms with Crippen LogP contribution in [0.1, 0.15) is 21.5 Å². The molecule has 18 heavy (non-hydrogen) atoms. The van der Waals surface area contributed by atoms with Crippen molar-refractivity contribution in [3.63, 3.8) is 0 Å². The molecular formula is C14H13BrN2O. The first-order valence-corrected chi connectivity index (χ1v) is 6.36. The van der Waals surface area contributed by atoms with Crippen LogP contribution in [0.15, 0.2) is 41.0 Å². The van der Waals surface area contributed by atoms with Crippen molar-refractivity contribution in [1.82, 2.24) is 4.98 Å². The minimum atomic E-state index is -0.142. The van der Waals surface area contributed by atoms with Gasteiger partial charge in [-0.3, -0.25) is 4.79 Å². The minimum absolute atomic E-state index is 0.142. The molecule has 2 aromatic rings. The van der Waals surface area contributed by atoms with Crippen molar-refractivity contribution in [2.24, 2.45) is 0 Å². The maximum Gasteiger partial charge on any atom is 0.256 e. The van der Waals surface area contributed by atoms with E-state index in [-0.39, 0.29) is 5.91 Å². The van der Waals surface area contributed by atoms with Crippen LogP contribution in [-0.2, 0) is 0 Å². The molecule has 0 unspecified atom stereocenters. The van der Waals surface area contributed by atoms with E-state index in [9.17, 15) is 4.79 Å². The molecule has 1 heterocycles. The van der Waals surface area contributed by atoms with Gasteiger partial charge in [-0.2, -0.15) is 0 Å². The molecule has 4 heteroatoms. The Kier molecular flexibility index (Phi) is 3.77. The highest BCUT2D eigenvalue weighted by atomic mass is 79.9. The monoisotopic (exact) mass is 304 g/mol. The molecule has 3 nitrogen and oxygen atoms in total. The molecular weight excluding hydrogens is 292 g/mol. The number of hydrogen-bond donors (Lipinski definition) is 1. The van der Waals surface area contributed by atoms with Crippen LogP contribution in [0.5, 0.6) is 0 Å². The average molecular weight is 305 g/mol. The van der Waals surface area contributed by atoms with Gasteiger partial charge in [0.1, 0.15) is 5.82 Å². The number of rotatable bonds is 2. The summed E-state index contributed by atoms with van der Waals surface area (Å²) in [6.07, 6.45) is 1.67. The number of nitrogens with one attached hydrogen (secondary N) is 1. The number of pyridine rings is 1. The second-order valence-electron chi connectivity index (χ2n) is 4.14. The third-order valence-electron chi connectivity index (χ3n) is 2.56. The Morgan fingerprint density at radius 1 is 1.28 bits per heavy atom. The fraction of sp³-hybridized carbons (Fsp3) is 0.143. The fourth-order valence-electron chi connectivity index (χ4n) is 1.64. The molecule has 0 aliphatic carbocycles. The summed E-state index contributed by atoms with van der Waals surface area (Å²) < 4.78 is 0.897. The van der Waals surface area contributed by atoms with Gasteiger partial charge in [-0.05, 0) is 53.5 Å². The lowest BCUT2D eigenvalue weighted by molar-refractivity contribution is 0.102. The van der Waals surface area contributed by atoms with Crippen molar-refractivity contribution in [3.05, 3.63) is 57.7 Å². The smallest absolute Gasteiger partial charge is 0.256 e. The van der Waals surface area contributed by atoms with E-state index in [4.69, 9.17) is 0 Å². The van der Waals surface area contributed by atoms with E-state index in [0.29, 0.717) is 11.4 Å². The number of carbonyl (C=O) groups is 1. The van der Waals surface area contributed by atoms with Crippen molar-refractivity contribution in [3.8, 4) is 0 Å². The zero-order chi connectivity index (χ0) is 13.1. The SMILES string of the molecule is Cc1cccc(C(=O)Nc2ncc(Br)cc2C)c1. The summed E-state index contributed by atoms with van der Waals surface area (Å²) in [4.78, 5) is 16.2. The quantitative estimate of drug-likeness (QED) is 0.919. The van der Waals surface area contributed by atoms with Gasteiger partial charge in [-0.1, -0.05) is 17.7 Å². The van der Waals surface area contributed by atoms with Gasteiger partial charge in [0.05, 0.1) is 0 Å². The molecule has 1 N–H and O–H groups in total. The number of halogens is 1. The van der Waals surface area contributed by atoms with Crippen LogP contribution in [0.4, 0.5) is 5.82 Å². The third-order valence-corrected chi connectivity index (χ3v) is 2.99. The maximum atomic E-state index is 12.0. The van der Waals surface area contributed by atoms with Crippen LogP contribution in [0, 0.1) is 13.8 Å². The number of anilines is 1. The van der Waals surface area contributed by atoms with Crippen LogP contribution < -0.4 is 5.32 Å². The average Bonchev–Trinajstić information content (AvgIpc) is 2.32. The summed E-state index contributed by atoms with van der Waals surface area (Å²) >= 11 is 3.34. The van der Waals surface area contributed by atoms with Crippen LogP contribution in [-0.4, -0.2) is 10.9 Å². The van der Waals surface area contributed by atoms with Crippen LogP contribution in [0.2, 0.25) is 0 Å². The molecule has 2 rings (SSSR count). The zero-order valence-corrected chi connectivity index (χ0v) is 11.8. The number of hydrogen-bond acceptors (Lipinski definition) is 2. The van der Waals surface area contributed by atoms with Crippen molar-refractivity contribution >= 4 is 27.7 Å². The Labute approximate surface area is 114 Å². The first kappa shape index (κ1) is 12.8. The van der Waals surface area contributed by atoms with Crippen LogP contribution >= 0.6 is 15.9 Å². The zero-order valence-electron chi connectivity index (χ0n) is 10.2. The number of amides is 1. The Morgan fingerprint density at radius 2 is 2.06 bits per heavy atom. The number of aromatic nitrogens is 1. The number of nitrogens with zero attached hydrogens (tertiary/aromatic N) is 1. The van der Waals surface area contributed by atoms with E-state index in [0.717, 1.165) is 15.6 Å². The first-order valence-electron chi connectivity index (χ1n) is 5.56. The molecule has 0 aliphatic heterocycles. The number of carbonyl (C=O) groups excluding carboxylic acids is 1. The normalized spacial score (nSPS) is 10.2. The lowest BCUT2D eigenvalue weighted by atomic mass is 10.1. The highest BCUT2D eigenvalue weighted by Crippen LogP contribution is 2.17. The number of benzene rings is 1. The molecule has 0 fully saturated rings. The van der Waals surface area contributed by atoms with Crippen LogP contribution in [0.3, 0.4) is 0 Å². The van der Waals surface area contributed by atoms with E-state index in [1.165, 1.54) is 0 Å². The maximum absolute atomic E-state index is 12.0. The molecule has 0 atom stereocenters. The summed E-state index contributed by atoms with van der Waals surface area (Å²) in [5.74, 6) is 0.446. The lowest BCUT2D eigenvalue weighted by Gasteiger charge is -2.08. The van der Waals surface area contributed by atoms with Gasteiger partial charge in [0.25, 0.3) is 5.91 Å². The minimum Gasteiger partial charge on any atom is -0.306 e. The topological polar surface area (TPSA) is 42.0 Å². The highest BCUT2D eigenvalue weighted by molar-refractivity contribution is 9.10. The van der Waals surface area contributed by atoms with Gasteiger partial charge in [-0.25, -0.2) is 4.98 Å². The number of aryl methyl sites for hydroxylation is 2. The molecule has 1 amide bonds. The Balaban J connectivity index is 2.21. The molecule has 1 aromatic heterocycles. The van der Waals surface area contributed by atoms with E-state index in [2.05, 4.69) is 26.2 Å². The van der Waals surface area contributed by atoms with Gasteiger partial charge in [0.2, 0.25) is 0 Å². The van der Waals surface area contributed by atoms with Crippen molar-refractivity contribution < 1.29 is 4.79 Å². The predicted octanol–water partition coefficient (Wildman–Crippen LogP) is 3.71. The second kappa shape index (κ2) is 5.31. The standard InChI is InChI=1S/C14H13BrN2O/c1-9-4-3-5-11(6-9)14(18)17-13-10(2)7-12(15)8-16-13/h3-8H,1-2H3,(H,16,17,18). The molecule has 0 spiro atoms. The molecule has 0 saturated carbocycles. The molecule has 0 bridgehead atoms. The van der Waals surface area contributed by atoms with Crippen molar-refractivity contribution in [2.45, 2.75) is 13.8 Å². The summed E-state index contributed by atoms with van der Waals surface area (Å²) in [6, 6.07) is 9.38. The van der Waals surface area contributed by atoms with E-state index < -0.39 is 0 Å². The van der Waals surface area contributed by atoms with Gasteiger partial charge < -0.3 is 5.32 Å². The molecule has 1 aromatic carbocycles. The van der Waals surface area contributed by atoms with Crippen LogP contribution in [0.25, 0.3) is 0 Å². The van der Waals surface area contributed by atoms with Gasteiger partial charge in [0, 0.05) is 16.2 Å². The molecule has 92 valence electrons. The van der Waals surface area contributed by atoms with E-state index in [1.807, 2.05) is 38.1 Å². The lowest BCUT2D eigenvalue weighted by Crippen LogP contribution is -2.14. The summed E-state index contributed by atoms with van der Waals surface area (Å²) in [7, 11) is 0. The Hall–Kier alpha value is -1.68. The summed E-state index contributed by atoms with van der Waals surface area (Å²) in [6.45, 7) is 3.86.